The van der Waals surface area contributed by atoms with Gasteiger partial charge >= 0.3 is 5.69 Å². The van der Waals surface area contributed by atoms with Crippen LogP contribution in [0.3, 0.4) is 0 Å². The van der Waals surface area contributed by atoms with Crippen molar-refractivity contribution in [1.29, 1.82) is 5.26 Å². The maximum atomic E-state index is 11.1. The number of nitro benzene ring substituents is 1. The lowest BCUT2D eigenvalue weighted by molar-refractivity contribution is -0.386. The summed E-state index contributed by atoms with van der Waals surface area (Å²) in [6, 6.07) is 7.11. The van der Waals surface area contributed by atoms with Crippen molar-refractivity contribution < 1.29 is 9.66 Å². The zero-order valence-electron chi connectivity index (χ0n) is 11.4. The van der Waals surface area contributed by atoms with Crippen LogP contribution in [0.1, 0.15) is 24.8 Å². The van der Waals surface area contributed by atoms with E-state index in [1.54, 1.807) is 13.1 Å². The molecule has 6 nitrogen and oxygen atoms in total. The Morgan fingerprint density at radius 2 is 2.30 bits per heavy atom. The van der Waals surface area contributed by atoms with Crippen molar-refractivity contribution in [2.45, 2.75) is 25.8 Å². The van der Waals surface area contributed by atoms with Gasteiger partial charge in [0.15, 0.2) is 5.75 Å². The van der Waals surface area contributed by atoms with Gasteiger partial charge in [-0.25, -0.2) is 0 Å². The number of benzene rings is 1. The average Bonchev–Trinajstić information content (AvgIpc) is 3.18. The number of nitriles is 1. The van der Waals surface area contributed by atoms with Crippen LogP contribution in [0.15, 0.2) is 18.2 Å². The molecule has 0 saturated heterocycles. The minimum Gasteiger partial charge on any atom is -0.486 e. The minimum atomic E-state index is -0.432. The highest BCUT2D eigenvalue weighted by Crippen LogP contribution is 2.49. The standard InChI is InChI=1S/C14H17N3O3/c1-16-9-11-2-3-13(12(8-11)17(18)19)20-10-14(4-5-14)6-7-15/h2-3,8,16H,4-6,9-10H2,1H3. The van der Waals surface area contributed by atoms with Gasteiger partial charge in [0, 0.05) is 24.4 Å². The molecule has 0 spiro atoms. The monoisotopic (exact) mass is 275 g/mol. The highest BCUT2D eigenvalue weighted by molar-refractivity contribution is 5.48. The topological polar surface area (TPSA) is 88.2 Å². The van der Waals surface area contributed by atoms with Crippen molar-refractivity contribution in [2.75, 3.05) is 13.7 Å². The third kappa shape index (κ3) is 3.25. The molecule has 1 aromatic carbocycles. The second kappa shape index (κ2) is 5.88. The summed E-state index contributed by atoms with van der Waals surface area (Å²) in [6.07, 6.45) is 2.34. The van der Waals surface area contributed by atoms with Gasteiger partial charge in [-0.05, 0) is 31.5 Å². The second-order valence-electron chi connectivity index (χ2n) is 5.21. The van der Waals surface area contributed by atoms with E-state index in [9.17, 15) is 10.1 Å². The van der Waals surface area contributed by atoms with Crippen molar-refractivity contribution in [3.8, 4) is 11.8 Å². The first-order chi connectivity index (χ1) is 9.60. The van der Waals surface area contributed by atoms with E-state index in [-0.39, 0.29) is 16.9 Å². The van der Waals surface area contributed by atoms with E-state index in [0.29, 0.717) is 19.6 Å². The largest absolute Gasteiger partial charge is 0.486 e. The van der Waals surface area contributed by atoms with Gasteiger partial charge in [-0.3, -0.25) is 10.1 Å². The summed E-state index contributed by atoms with van der Waals surface area (Å²) in [7, 11) is 1.79. The number of ether oxygens (including phenoxy) is 1. The third-order valence-corrected chi connectivity index (χ3v) is 3.55. The van der Waals surface area contributed by atoms with E-state index in [2.05, 4.69) is 11.4 Å². The molecule has 106 valence electrons. The Bertz CT molecular complexity index is 547. The summed E-state index contributed by atoms with van der Waals surface area (Å²) in [5, 5.41) is 22.8. The molecule has 0 aliphatic heterocycles. The van der Waals surface area contributed by atoms with Crippen LogP contribution in [0.5, 0.6) is 5.75 Å². The van der Waals surface area contributed by atoms with Gasteiger partial charge in [-0.15, -0.1) is 0 Å². The Morgan fingerprint density at radius 3 is 2.85 bits per heavy atom. The SMILES string of the molecule is CNCc1ccc(OCC2(CC#N)CC2)c([N+](=O)[O-])c1. The molecule has 0 unspecified atom stereocenters. The lowest BCUT2D eigenvalue weighted by Crippen LogP contribution is -2.13. The first-order valence-electron chi connectivity index (χ1n) is 6.52. The van der Waals surface area contributed by atoms with Crippen LogP contribution >= 0.6 is 0 Å². The maximum absolute atomic E-state index is 11.1. The van der Waals surface area contributed by atoms with Crippen molar-refractivity contribution in [3.63, 3.8) is 0 Å². The third-order valence-electron chi connectivity index (χ3n) is 3.55. The van der Waals surface area contributed by atoms with Gasteiger partial charge in [0.05, 0.1) is 17.6 Å². The van der Waals surface area contributed by atoms with E-state index >= 15 is 0 Å². The van der Waals surface area contributed by atoms with Gasteiger partial charge in [0.2, 0.25) is 0 Å². The highest BCUT2D eigenvalue weighted by Gasteiger charge is 2.43. The number of rotatable bonds is 7. The molecular weight excluding hydrogens is 258 g/mol. The van der Waals surface area contributed by atoms with Gasteiger partial charge in [-0.1, -0.05) is 6.07 Å². The molecule has 1 aliphatic rings. The highest BCUT2D eigenvalue weighted by atomic mass is 16.6. The van der Waals surface area contributed by atoms with E-state index in [0.717, 1.165) is 18.4 Å². The molecular formula is C14H17N3O3. The predicted octanol–water partition coefficient (Wildman–Crippen LogP) is 2.39. The molecule has 1 fully saturated rings. The summed E-state index contributed by atoms with van der Waals surface area (Å²) in [6.45, 7) is 0.937. The molecule has 6 heteroatoms. The maximum Gasteiger partial charge on any atom is 0.311 e. The lowest BCUT2D eigenvalue weighted by atomic mass is 10.1. The number of nitrogens with one attached hydrogen (secondary N) is 1. The first-order valence-corrected chi connectivity index (χ1v) is 6.52. The molecule has 1 saturated carbocycles. The molecule has 0 radical (unpaired) electrons. The van der Waals surface area contributed by atoms with Gasteiger partial charge in [0.25, 0.3) is 0 Å². The Morgan fingerprint density at radius 1 is 1.55 bits per heavy atom. The number of nitro groups is 1. The molecule has 1 N–H and O–H groups in total. The number of hydrogen-bond donors (Lipinski definition) is 1. The fourth-order valence-electron chi connectivity index (χ4n) is 2.09. The summed E-state index contributed by atoms with van der Waals surface area (Å²) in [5.41, 5.74) is 0.724. The molecule has 2 rings (SSSR count). The molecule has 0 amide bonds. The molecule has 0 aromatic heterocycles. The fourth-order valence-corrected chi connectivity index (χ4v) is 2.09. The average molecular weight is 275 g/mol. The van der Waals surface area contributed by atoms with E-state index in [4.69, 9.17) is 10.00 Å². The molecule has 1 aromatic rings. The molecule has 0 bridgehead atoms. The van der Waals surface area contributed by atoms with E-state index in [1.165, 1.54) is 6.07 Å². The van der Waals surface area contributed by atoms with Crippen molar-refractivity contribution in [2.24, 2.45) is 5.41 Å². The zero-order chi connectivity index (χ0) is 14.6. The van der Waals surface area contributed by atoms with Crippen LogP contribution in [0.2, 0.25) is 0 Å². The van der Waals surface area contributed by atoms with Crippen molar-refractivity contribution in [3.05, 3.63) is 33.9 Å². The molecule has 0 heterocycles. The second-order valence-corrected chi connectivity index (χ2v) is 5.21. The van der Waals surface area contributed by atoms with Crippen LogP contribution in [0.4, 0.5) is 5.69 Å². The normalized spacial score (nSPS) is 15.4. The smallest absolute Gasteiger partial charge is 0.311 e. The van der Waals surface area contributed by atoms with E-state index < -0.39 is 4.92 Å². The fraction of sp³-hybridized carbons (Fsp3) is 0.500. The van der Waals surface area contributed by atoms with Crippen LogP contribution in [0.25, 0.3) is 0 Å². The van der Waals surface area contributed by atoms with Crippen molar-refractivity contribution in [1.82, 2.24) is 5.32 Å². The lowest BCUT2D eigenvalue weighted by Gasteiger charge is -2.13. The summed E-state index contributed by atoms with van der Waals surface area (Å²) in [4.78, 5) is 10.7. The molecule has 0 atom stereocenters. The van der Waals surface area contributed by atoms with E-state index in [1.807, 2.05) is 6.07 Å². The Balaban J connectivity index is 2.11. The Kier molecular flexibility index (Phi) is 4.20. The van der Waals surface area contributed by atoms with Gasteiger partial charge in [-0.2, -0.15) is 5.26 Å². The van der Waals surface area contributed by atoms with Crippen LogP contribution < -0.4 is 10.1 Å². The van der Waals surface area contributed by atoms with Gasteiger partial charge < -0.3 is 10.1 Å². The summed E-state index contributed by atoms with van der Waals surface area (Å²) < 4.78 is 5.60. The van der Waals surface area contributed by atoms with Crippen molar-refractivity contribution >= 4 is 5.69 Å². The zero-order valence-corrected chi connectivity index (χ0v) is 11.4. The predicted molar refractivity (Wildman–Crippen MR) is 73.3 cm³/mol. The Labute approximate surface area is 117 Å². The van der Waals surface area contributed by atoms with Crippen LogP contribution in [-0.4, -0.2) is 18.6 Å². The minimum absolute atomic E-state index is 0.0227. The van der Waals surface area contributed by atoms with Crippen LogP contribution in [0, 0.1) is 26.9 Å². The quantitative estimate of drug-likeness (QED) is 0.609. The van der Waals surface area contributed by atoms with Gasteiger partial charge in [0.1, 0.15) is 0 Å². The number of hydrogen-bond acceptors (Lipinski definition) is 5. The number of nitrogens with zero attached hydrogens (tertiary/aromatic N) is 2. The summed E-state index contributed by atoms with van der Waals surface area (Å²) in [5.74, 6) is 0.277. The Hall–Kier alpha value is -2.13. The van der Waals surface area contributed by atoms with Crippen LogP contribution in [-0.2, 0) is 6.54 Å². The summed E-state index contributed by atoms with van der Waals surface area (Å²) >= 11 is 0. The first kappa shape index (κ1) is 14.3. The molecule has 20 heavy (non-hydrogen) atoms. The molecule has 1 aliphatic carbocycles.